The lowest BCUT2D eigenvalue weighted by Gasteiger charge is -2.18. The number of aliphatic carboxylic acids is 1. The molecular weight excluding hydrogens is 697 g/mol. The van der Waals surface area contributed by atoms with Gasteiger partial charge in [-0.3, -0.25) is 9.59 Å². The van der Waals surface area contributed by atoms with Gasteiger partial charge in [0.15, 0.2) is 0 Å². The fourth-order valence-corrected chi connectivity index (χ4v) is 7.36. The number of carbonyl (C=O) groups is 3. The van der Waals surface area contributed by atoms with Gasteiger partial charge in [-0.05, 0) is 90.0 Å². The predicted molar refractivity (Wildman–Crippen MR) is 239 cm³/mol. The number of carboxylic acids is 1. The van der Waals surface area contributed by atoms with Gasteiger partial charge in [0.25, 0.3) is 0 Å². The first kappa shape index (κ1) is 53.9. The first-order chi connectivity index (χ1) is 27.4. The van der Waals surface area contributed by atoms with E-state index in [1.165, 1.54) is 141 Å². The van der Waals surface area contributed by atoms with Crippen LogP contribution >= 0.6 is 0 Å². The Morgan fingerprint density at radius 1 is 0.518 bits per heavy atom. The lowest BCUT2D eigenvalue weighted by atomic mass is 10.0. The summed E-state index contributed by atoms with van der Waals surface area (Å²) in [6.07, 6.45) is 50.8. The van der Waals surface area contributed by atoms with Gasteiger partial charge in [0.05, 0.1) is 0 Å². The zero-order valence-corrected chi connectivity index (χ0v) is 37.0. The van der Waals surface area contributed by atoms with Crippen molar-refractivity contribution in [1.29, 1.82) is 0 Å². The highest BCUT2D eigenvalue weighted by atomic mass is 16.5. The van der Waals surface area contributed by atoms with Crippen LogP contribution < -0.4 is 11.1 Å². The van der Waals surface area contributed by atoms with Crippen LogP contribution in [0.5, 0.6) is 0 Å². The molecule has 0 aliphatic heterocycles. The lowest BCUT2D eigenvalue weighted by molar-refractivity contribution is -0.150. The zero-order chi connectivity index (χ0) is 41.0. The van der Waals surface area contributed by atoms with E-state index in [2.05, 4.69) is 43.5 Å². The Hall–Kier alpha value is -2.15. The Bertz CT molecular complexity index is 935. The fraction of sp³-hybridized carbons (Fsp3) is 0.857. The molecular formula is C49H92N2O5. The molecule has 0 fully saturated rings. The molecule has 7 heteroatoms. The number of hydrogen-bond acceptors (Lipinski definition) is 5. The molecule has 0 bridgehead atoms. The van der Waals surface area contributed by atoms with E-state index < -0.39 is 12.0 Å². The third kappa shape index (κ3) is 40.1. The Labute approximate surface area is 346 Å². The Morgan fingerprint density at radius 3 is 1.39 bits per heavy atom. The second-order valence-corrected chi connectivity index (χ2v) is 16.5. The molecule has 0 aromatic carbocycles. The van der Waals surface area contributed by atoms with Gasteiger partial charge in [0.2, 0.25) is 5.91 Å². The Kier molecular flexibility index (Phi) is 42.3. The summed E-state index contributed by atoms with van der Waals surface area (Å²) >= 11 is 0. The number of ether oxygens (including phenoxy) is 1. The highest BCUT2D eigenvalue weighted by Gasteiger charge is 2.19. The van der Waals surface area contributed by atoms with E-state index in [9.17, 15) is 19.5 Å². The van der Waals surface area contributed by atoms with Crippen LogP contribution in [-0.2, 0) is 19.1 Å². The van der Waals surface area contributed by atoms with Crippen molar-refractivity contribution in [3.8, 4) is 0 Å². The summed E-state index contributed by atoms with van der Waals surface area (Å²) in [6.45, 7) is 4.95. The van der Waals surface area contributed by atoms with Crippen molar-refractivity contribution in [2.45, 2.75) is 264 Å². The number of allylic oxidation sites excluding steroid dienone is 4. The number of rotatable bonds is 44. The molecule has 1 amide bonds. The van der Waals surface area contributed by atoms with Gasteiger partial charge in [-0.15, -0.1) is 0 Å². The molecule has 0 heterocycles. The molecule has 56 heavy (non-hydrogen) atoms. The Morgan fingerprint density at radius 2 is 0.929 bits per heavy atom. The van der Waals surface area contributed by atoms with Gasteiger partial charge < -0.3 is 20.9 Å². The van der Waals surface area contributed by atoms with Crippen molar-refractivity contribution in [2.75, 3.05) is 6.54 Å². The van der Waals surface area contributed by atoms with Crippen LogP contribution in [0, 0.1) is 0 Å². The summed E-state index contributed by atoms with van der Waals surface area (Å²) in [6, 6.07) is -0.855. The SMILES string of the molecule is CCCCCC/C=C\C/C=C\CCCCCCCCCC(=O)OC(CCCCCCCCCCCCCC)CCCCCCCC(=O)NC(CCCN)C(=O)O. The first-order valence-corrected chi connectivity index (χ1v) is 24.2. The number of carbonyl (C=O) groups excluding carboxylic acids is 2. The smallest absolute Gasteiger partial charge is 0.326 e. The minimum absolute atomic E-state index is 0.0125. The van der Waals surface area contributed by atoms with Crippen molar-refractivity contribution in [3.63, 3.8) is 0 Å². The molecule has 2 atom stereocenters. The predicted octanol–water partition coefficient (Wildman–Crippen LogP) is 14.0. The zero-order valence-electron chi connectivity index (χ0n) is 37.0. The van der Waals surface area contributed by atoms with Crippen LogP contribution in [0.1, 0.15) is 251 Å². The largest absolute Gasteiger partial charge is 0.480 e. The number of nitrogens with two attached hydrogens (primary N) is 1. The molecule has 0 aromatic heterocycles. The highest BCUT2D eigenvalue weighted by Crippen LogP contribution is 2.19. The molecule has 0 saturated carbocycles. The van der Waals surface area contributed by atoms with Gasteiger partial charge in [-0.25, -0.2) is 4.79 Å². The molecule has 0 radical (unpaired) electrons. The van der Waals surface area contributed by atoms with E-state index in [-0.39, 0.29) is 18.0 Å². The molecule has 7 nitrogen and oxygen atoms in total. The van der Waals surface area contributed by atoms with Gasteiger partial charge in [-0.1, -0.05) is 179 Å². The van der Waals surface area contributed by atoms with Crippen molar-refractivity contribution in [3.05, 3.63) is 24.3 Å². The number of nitrogens with one attached hydrogen (secondary N) is 1. The second-order valence-electron chi connectivity index (χ2n) is 16.5. The first-order valence-electron chi connectivity index (χ1n) is 24.2. The summed E-state index contributed by atoms with van der Waals surface area (Å²) in [4.78, 5) is 36.5. The molecule has 328 valence electrons. The standard InChI is InChI=1S/C49H92N2O5/c1-3-5-7-9-11-13-15-17-18-19-20-21-22-24-26-28-33-37-43-48(53)56-45(39-34-30-27-25-23-16-14-12-10-8-6-4-2)40-35-31-29-32-36-42-47(52)51-46(49(54)55)41-38-44-50/h13,15,18-19,45-46H,3-12,14,16-17,20-44,50H2,1-2H3,(H,51,52)(H,54,55)/b15-13-,19-18-. The number of carboxylic acid groups (broad SMARTS) is 1. The van der Waals surface area contributed by atoms with Gasteiger partial charge in [-0.2, -0.15) is 0 Å². The monoisotopic (exact) mass is 789 g/mol. The molecule has 0 aliphatic carbocycles. The lowest BCUT2D eigenvalue weighted by Crippen LogP contribution is -2.40. The summed E-state index contributed by atoms with van der Waals surface area (Å²) < 4.78 is 6.07. The molecule has 0 rings (SSSR count). The molecule has 0 spiro atoms. The summed E-state index contributed by atoms with van der Waals surface area (Å²) in [5.74, 6) is -1.23. The molecule has 0 aliphatic rings. The summed E-state index contributed by atoms with van der Waals surface area (Å²) in [5, 5.41) is 12.0. The van der Waals surface area contributed by atoms with E-state index in [1.54, 1.807) is 0 Å². The minimum Gasteiger partial charge on any atom is -0.480 e. The van der Waals surface area contributed by atoms with E-state index in [0.29, 0.717) is 32.2 Å². The maximum atomic E-state index is 12.8. The quantitative estimate of drug-likeness (QED) is 0.0321. The number of unbranched alkanes of at least 4 members (excludes halogenated alkanes) is 26. The van der Waals surface area contributed by atoms with E-state index in [4.69, 9.17) is 10.5 Å². The van der Waals surface area contributed by atoms with E-state index >= 15 is 0 Å². The van der Waals surface area contributed by atoms with Crippen LogP contribution in [0.3, 0.4) is 0 Å². The average Bonchev–Trinajstić information content (AvgIpc) is 3.18. The molecule has 0 aromatic rings. The fourth-order valence-electron chi connectivity index (χ4n) is 7.36. The van der Waals surface area contributed by atoms with Crippen molar-refractivity contribution >= 4 is 17.8 Å². The van der Waals surface area contributed by atoms with Crippen molar-refractivity contribution in [1.82, 2.24) is 5.32 Å². The van der Waals surface area contributed by atoms with Crippen LogP contribution in [0.15, 0.2) is 24.3 Å². The summed E-state index contributed by atoms with van der Waals surface area (Å²) in [5.41, 5.74) is 5.49. The van der Waals surface area contributed by atoms with E-state index in [1.807, 2.05) is 0 Å². The normalized spacial score (nSPS) is 12.8. The van der Waals surface area contributed by atoms with E-state index in [0.717, 1.165) is 70.6 Å². The van der Waals surface area contributed by atoms with Crippen molar-refractivity contribution in [2.24, 2.45) is 5.73 Å². The average molecular weight is 789 g/mol. The second kappa shape index (κ2) is 44.0. The number of amides is 1. The van der Waals surface area contributed by atoms with Crippen molar-refractivity contribution < 1.29 is 24.2 Å². The topological polar surface area (TPSA) is 119 Å². The van der Waals surface area contributed by atoms with Crippen LogP contribution in [0.4, 0.5) is 0 Å². The summed E-state index contributed by atoms with van der Waals surface area (Å²) in [7, 11) is 0. The van der Waals surface area contributed by atoms with Gasteiger partial charge in [0, 0.05) is 12.8 Å². The van der Waals surface area contributed by atoms with Gasteiger partial charge >= 0.3 is 11.9 Å². The molecule has 4 N–H and O–H groups in total. The number of esters is 1. The van der Waals surface area contributed by atoms with Crippen LogP contribution in [0.2, 0.25) is 0 Å². The van der Waals surface area contributed by atoms with Crippen LogP contribution in [-0.4, -0.2) is 41.6 Å². The third-order valence-corrected chi connectivity index (χ3v) is 11.0. The maximum absolute atomic E-state index is 12.8. The highest BCUT2D eigenvalue weighted by molar-refractivity contribution is 5.83. The molecule has 2 unspecified atom stereocenters. The van der Waals surface area contributed by atoms with Gasteiger partial charge in [0.1, 0.15) is 12.1 Å². The minimum atomic E-state index is -1.00. The molecule has 0 saturated heterocycles. The van der Waals surface area contributed by atoms with Crippen LogP contribution in [0.25, 0.3) is 0 Å². The maximum Gasteiger partial charge on any atom is 0.326 e. The Balaban J connectivity index is 4.27. The third-order valence-electron chi connectivity index (χ3n) is 11.0. The number of hydrogen-bond donors (Lipinski definition) is 3.